The Balaban J connectivity index is 1.22. The molecule has 5 rings (SSSR count). The van der Waals surface area contributed by atoms with Gasteiger partial charge in [0.1, 0.15) is 12.6 Å². The van der Waals surface area contributed by atoms with Gasteiger partial charge in [0.05, 0.1) is 23.4 Å². The van der Waals surface area contributed by atoms with Crippen LogP contribution >= 0.6 is 0 Å². The van der Waals surface area contributed by atoms with E-state index in [1.165, 1.54) is 0 Å². The van der Waals surface area contributed by atoms with Gasteiger partial charge in [-0.15, -0.1) is 0 Å². The van der Waals surface area contributed by atoms with Crippen molar-refractivity contribution in [2.24, 2.45) is 0 Å². The van der Waals surface area contributed by atoms with Crippen LogP contribution in [0.4, 0.5) is 5.69 Å². The third kappa shape index (κ3) is 4.91. The Kier molecular flexibility index (Phi) is 7.23. The number of carbonyl (C=O) groups excluding carboxylic acids is 5. The molecule has 38 heavy (non-hydrogen) atoms. The Morgan fingerprint density at radius 2 is 1.92 bits per heavy atom. The van der Waals surface area contributed by atoms with Crippen molar-refractivity contribution in [1.82, 2.24) is 24.9 Å². The standard InChI is InChI=1S/C26H30N6O6/c1-2-38-15-22(34)30-10-8-17(9-11-30)31-14-16(13-28-31)12-27-19-5-3-4-18-23(19)26(37)32(25(18)36)20-6-7-21(33)29-24(20)35/h3-5,13-14,17,20,27H,2,6-12,15H2,1H3,(H,29,33,35). The molecule has 0 saturated carbocycles. The molecule has 0 spiro atoms. The molecule has 2 N–H and O–H groups in total. The predicted molar refractivity (Wildman–Crippen MR) is 134 cm³/mol. The Bertz CT molecular complexity index is 1280. The fraction of sp³-hybridized carbons (Fsp3) is 0.462. The summed E-state index contributed by atoms with van der Waals surface area (Å²) in [6.45, 7) is 4.17. The Hall–Kier alpha value is -4.06. The molecule has 2 saturated heterocycles. The van der Waals surface area contributed by atoms with Crippen LogP contribution in [0.5, 0.6) is 0 Å². The van der Waals surface area contributed by atoms with Crippen molar-refractivity contribution in [3.05, 3.63) is 47.3 Å². The maximum atomic E-state index is 13.3. The average Bonchev–Trinajstić information content (AvgIpc) is 3.49. The molecule has 3 aliphatic rings. The zero-order valence-corrected chi connectivity index (χ0v) is 21.1. The molecule has 1 unspecified atom stereocenters. The zero-order valence-electron chi connectivity index (χ0n) is 21.1. The Labute approximate surface area is 219 Å². The van der Waals surface area contributed by atoms with Gasteiger partial charge in [-0.05, 0) is 38.3 Å². The van der Waals surface area contributed by atoms with E-state index in [9.17, 15) is 24.0 Å². The average molecular weight is 523 g/mol. The van der Waals surface area contributed by atoms with Gasteiger partial charge in [-0.25, -0.2) is 0 Å². The van der Waals surface area contributed by atoms with Gasteiger partial charge in [0.2, 0.25) is 17.7 Å². The van der Waals surface area contributed by atoms with E-state index in [2.05, 4.69) is 15.7 Å². The maximum Gasteiger partial charge on any atom is 0.264 e. The third-order valence-electron chi connectivity index (χ3n) is 7.23. The van der Waals surface area contributed by atoms with Crippen LogP contribution in [-0.4, -0.2) is 81.5 Å². The first-order valence-corrected chi connectivity index (χ1v) is 12.8. The number of piperidine rings is 2. The van der Waals surface area contributed by atoms with Gasteiger partial charge in [-0.2, -0.15) is 5.10 Å². The van der Waals surface area contributed by atoms with E-state index in [1.54, 1.807) is 24.4 Å². The highest BCUT2D eigenvalue weighted by atomic mass is 16.5. The first-order valence-electron chi connectivity index (χ1n) is 12.8. The molecule has 5 amide bonds. The number of aromatic nitrogens is 2. The van der Waals surface area contributed by atoms with Gasteiger partial charge >= 0.3 is 0 Å². The van der Waals surface area contributed by atoms with Gasteiger partial charge in [0.15, 0.2) is 0 Å². The maximum absolute atomic E-state index is 13.3. The monoisotopic (exact) mass is 522 g/mol. The van der Waals surface area contributed by atoms with E-state index in [4.69, 9.17) is 4.74 Å². The summed E-state index contributed by atoms with van der Waals surface area (Å²) in [6.07, 6.45) is 5.47. The van der Waals surface area contributed by atoms with Crippen molar-refractivity contribution in [2.45, 2.75) is 51.2 Å². The number of hydrogen-bond acceptors (Lipinski definition) is 8. The Morgan fingerprint density at radius 3 is 2.66 bits per heavy atom. The SMILES string of the molecule is CCOCC(=O)N1CCC(n2cc(CNc3cccc4c3C(=O)N(C3CCC(=O)NC3=O)C4=O)cn2)CC1. The minimum atomic E-state index is -1.01. The molecule has 1 aromatic heterocycles. The number of nitrogens with zero attached hydrogens (tertiary/aromatic N) is 4. The minimum Gasteiger partial charge on any atom is -0.380 e. The second kappa shape index (κ2) is 10.7. The number of carbonyl (C=O) groups is 5. The van der Waals surface area contributed by atoms with Crippen LogP contribution in [0.1, 0.15) is 64.9 Å². The number of imide groups is 2. The van der Waals surface area contributed by atoms with E-state index in [1.807, 2.05) is 22.7 Å². The first kappa shape index (κ1) is 25.6. The molecule has 3 aliphatic heterocycles. The van der Waals surface area contributed by atoms with Crippen LogP contribution in [0.15, 0.2) is 30.6 Å². The molecule has 2 fully saturated rings. The number of hydrogen-bond donors (Lipinski definition) is 2. The van der Waals surface area contributed by atoms with E-state index in [-0.39, 0.29) is 42.5 Å². The van der Waals surface area contributed by atoms with Crippen LogP contribution in [-0.2, 0) is 25.7 Å². The molecular weight excluding hydrogens is 492 g/mol. The highest BCUT2D eigenvalue weighted by Gasteiger charge is 2.45. The molecule has 1 aromatic carbocycles. The van der Waals surface area contributed by atoms with Crippen LogP contribution < -0.4 is 10.6 Å². The lowest BCUT2D eigenvalue weighted by Gasteiger charge is -2.32. The molecule has 2 aromatic rings. The fourth-order valence-corrected chi connectivity index (χ4v) is 5.19. The number of benzene rings is 1. The number of anilines is 1. The normalized spacial score (nSPS) is 20.1. The molecule has 0 bridgehead atoms. The highest BCUT2D eigenvalue weighted by Crippen LogP contribution is 2.32. The summed E-state index contributed by atoms with van der Waals surface area (Å²) in [5, 5.41) is 9.95. The second-order valence-corrected chi connectivity index (χ2v) is 9.61. The number of nitrogens with one attached hydrogen (secondary N) is 2. The first-order chi connectivity index (χ1) is 18.4. The molecule has 0 aliphatic carbocycles. The quantitative estimate of drug-likeness (QED) is 0.491. The predicted octanol–water partition coefficient (Wildman–Crippen LogP) is 1.10. The van der Waals surface area contributed by atoms with Crippen LogP contribution in [0, 0.1) is 0 Å². The summed E-state index contributed by atoms with van der Waals surface area (Å²) in [6, 6.07) is 4.15. The van der Waals surface area contributed by atoms with Gasteiger partial charge < -0.3 is 15.0 Å². The van der Waals surface area contributed by atoms with Crippen molar-refractivity contribution in [1.29, 1.82) is 0 Å². The van der Waals surface area contributed by atoms with Gasteiger partial charge in [-0.3, -0.25) is 38.9 Å². The zero-order chi connectivity index (χ0) is 26.8. The summed E-state index contributed by atoms with van der Waals surface area (Å²) < 4.78 is 7.14. The highest BCUT2D eigenvalue weighted by molar-refractivity contribution is 6.25. The van der Waals surface area contributed by atoms with Crippen molar-refractivity contribution in [3.8, 4) is 0 Å². The molecule has 1 atom stereocenters. The minimum absolute atomic E-state index is 0.00949. The van der Waals surface area contributed by atoms with E-state index in [0.29, 0.717) is 31.9 Å². The summed E-state index contributed by atoms with van der Waals surface area (Å²) >= 11 is 0. The summed E-state index contributed by atoms with van der Waals surface area (Å²) in [5.41, 5.74) is 1.84. The van der Waals surface area contributed by atoms with E-state index in [0.717, 1.165) is 23.3 Å². The Morgan fingerprint density at radius 1 is 1.13 bits per heavy atom. The summed E-state index contributed by atoms with van der Waals surface area (Å²) in [5.74, 6) is -2.13. The number of ether oxygens (including phenoxy) is 1. The molecule has 200 valence electrons. The number of amides is 5. The van der Waals surface area contributed by atoms with Crippen molar-refractivity contribution < 1.29 is 28.7 Å². The lowest BCUT2D eigenvalue weighted by atomic mass is 10.0. The van der Waals surface area contributed by atoms with Crippen molar-refractivity contribution in [3.63, 3.8) is 0 Å². The lowest BCUT2D eigenvalue weighted by Crippen LogP contribution is -2.54. The van der Waals surface area contributed by atoms with Crippen molar-refractivity contribution in [2.75, 3.05) is 31.6 Å². The van der Waals surface area contributed by atoms with Gasteiger partial charge in [0.25, 0.3) is 11.8 Å². The number of fused-ring (bicyclic) bond motifs is 1. The smallest absolute Gasteiger partial charge is 0.264 e. The molecule has 12 heteroatoms. The summed E-state index contributed by atoms with van der Waals surface area (Å²) in [4.78, 5) is 65.1. The van der Waals surface area contributed by atoms with Gasteiger partial charge in [0, 0.05) is 50.1 Å². The van der Waals surface area contributed by atoms with Crippen LogP contribution in [0.3, 0.4) is 0 Å². The largest absolute Gasteiger partial charge is 0.380 e. The second-order valence-electron chi connectivity index (χ2n) is 9.61. The fourth-order valence-electron chi connectivity index (χ4n) is 5.19. The van der Waals surface area contributed by atoms with Gasteiger partial charge in [-0.1, -0.05) is 6.07 Å². The summed E-state index contributed by atoms with van der Waals surface area (Å²) in [7, 11) is 0. The molecule has 12 nitrogen and oxygen atoms in total. The van der Waals surface area contributed by atoms with E-state index < -0.39 is 29.7 Å². The molecule has 0 radical (unpaired) electrons. The lowest BCUT2D eigenvalue weighted by molar-refractivity contribution is -0.137. The molecular formula is C26H30N6O6. The van der Waals surface area contributed by atoms with Crippen LogP contribution in [0.2, 0.25) is 0 Å². The number of rotatable bonds is 8. The third-order valence-corrected chi connectivity index (χ3v) is 7.23. The van der Waals surface area contributed by atoms with Crippen LogP contribution in [0.25, 0.3) is 0 Å². The van der Waals surface area contributed by atoms with Crippen molar-refractivity contribution >= 4 is 35.2 Å². The topological polar surface area (TPSA) is 143 Å². The van der Waals surface area contributed by atoms with E-state index >= 15 is 0 Å². The number of likely N-dealkylation sites (tertiary alicyclic amines) is 1. The molecule has 4 heterocycles.